The molecule has 7 heteroatoms. The van der Waals surface area contributed by atoms with E-state index in [1.807, 2.05) is 4.90 Å². The van der Waals surface area contributed by atoms with Crippen LogP contribution in [0, 0.1) is 13.8 Å². The second-order valence-corrected chi connectivity index (χ2v) is 7.71. The SMILES string of the molecule is CCc1nc(SCC(=O)N2CCOCC2)c2c(C)c(C)sc2n1. The minimum atomic E-state index is 0.160. The summed E-state index contributed by atoms with van der Waals surface area (Å²) in [5.74, 6) is 1.43. The highest BCUT2D eigenvalue weighted by atomic mass is 32.2. The highest BCUT2D eigenvalue weighted by Crippen LogP contribution is 2.35. The zero-order valence-electron chi connectivity index (χ0n) is 13.7. The van der Waals surface area contributed by atoms with E-state index >= 15 is 0 Å². The third kappa shape index (κ3) is 3.51. The van der Waals surface area contributed by atoms with E-state index in [2.05, 4.69) is 30.7 Å². The maximum Gasteiger partial charge on any atom is 0.233 e. The van der Waals surface area contributed by atoms with Crippen molar-refractivity contribution in [1.29, 1.82) is 0 Å². The Morgan fingerprint density at radius 2 is 2.04 bits per heavy atom. The maximum absolute atomic E-state index is 12.4. The second-order valence-electron chi connectivity index (χ2n) is 5.54. The van der Waals surface area contributed by atoms with Gasteiger partial charge in [0, 0.05) is 29.8 Å². The minimum Gasteiger partial charge on any atom is -0.378 e. The van der Waals surface area contributed by atoms with Crippen molar-refractivity contribution in [2.45, 2.75) is 32.2 Å². The molecular weight excluding hydrogens is 330 g/mol. The first-order valence-corrected chi connectivity index (χ1v) is 9.65. The molecule has 0 unspecified atom stereocenters. The normalized spacial score (nSPS) is 15.3. The molecule has 23 heavy (non-hydrogen) atoms. The van der Waals surface area contributed by atoms with Crippen molar-refractivity contribution in [3.63, 3.8) is 0 Å². The van der Waals surface area contributed by atoms with Gasteiger partial charge >= 0.3 is 0 Å². The lowest BCUT2D eigenvalue weighted by atomic mass is 10.2. The van der Waals surface area contributed by atoms with Gasteiger partial charge in [0.05, 0.1) is 19.0 Å². The summed E-state index contributed by atoms with van der Waals surface area (Å²) in [6, 6.07) is 0. The number of thioether (sulfide) groups is 1. The zero-order chi connectivity index (χ0) is 16.4. The molecule has 0 aliphatic carbocycles. The fraction of sp³-hybridized carbons (Fsp3) is 0.562. The van der Waals surface area contributed by atoms with Crippen molar-refractivity contribution < 1.29 is 9.53 Å². The predicted molar refractivity (Wildman–Crippen MR) is 94.4 cm³/mol. The van der Waals surface area contributed by atoms with Crippen LogP contribution >= 0.6 is 23.1 Å². The summed E-state index contributed by atoms with van der Waals surface area (Å²) in [7, 11) is 0. The summed E-state index contributed by atoms with van der Waals surface area (Å²) in [6.07, 6.45) is 0.802. The van der Waals surface area contributed by atoms with E-state index in [1.165, 1.54) is 22.2 Å². The van der Waals surface area contributed by atoms with Crippen molar-refractivity contribution >= 4 is 39.2 Å². The molecule has 3 rings (SSSR count). The van der Waals surface area contributed by atoms with Crippen LogP contribution in [-0.2, 0) is 16.0 Å². The number of aromatic nitrogens is 2. The largest absolute Gasteiger partial charge is 0.378 e. The van der Waals surface area contributed by atoms with Gasteiger partial charge in [0.2, 0.25) is 5.91 Å². The first-order chi connectivity index (χ1) is 11.1. The standard InChI is InChI=1S/C16H21N3O2S2/c1-4-12-17-15(14-10(2)11(3)23-16(14)18-12)22-9-13(20)19-5-7-21-8-6-19/h4-9H2,1-3H3. The average molecular weight is 351 g/mol. The van der Waals surface area contributed by atoms with Crippen LogP contribution in [0.2, 0.25) is 0 Å². The van der Waals surface area contributed by atoms with Crippen LogP contribution in [0.4, 0.5) is 0 Å². The van der Waals surface area contributed by atoms with E-state index < -0.39 is 0 Å². The van der Waals surface area contributed by atoms with Gasteiger partial charge in [0.25, 0.3) is 0 Å². The predicted octanol–water partition coefficient (Wildman–Crippen LogP) is 2.82. The first kappa shape index (κ1) is 16.7. The number of fused-ring (bicyclic) bond motifs is 1. The molecule has 1 fully saturated rings. The maximum atomic E-state index is 12.4. The molecule has 1 aliphatic rings. The average Bonchev–Trinajstić information content (AvgIpc) is 2.87. The Bertz CT molecular complexity index is 724. The summed E-state index contributed by atoms with van der Waals surface area (Å²) in [4.78, 5) is 25.8. The third-order valence-corrected chi connectivity index (χ3v) is 6.12. The summed E-state index contributed by atoms with van der Waals surface area (Å²) in [5.41, 5.74) is 1.23. The van der Waals surface area contributed by atoms with Crippen molar-refractivity contribution in [3.8, 4) is 0 Å². The second kappa shape index (κ2) is 7.15. The Morgan fingerprint density at radius 1 is 1.30 bits per heavy atom. The summed E-state index contributed by atoms with van der Waals surface area (Å²) < 4.78 is 5.30. The molecule has 0 spiro atoms. The number of hydrogen-bond acceptors (Lipinski definition) is 6. The number of ether oxygens (including phenoxy) is 1. The molecule has 1 saturated heterocycles. The van der Waals surface area contributed by atoms with Crippen LogP contribution in [-0.4, -0.2) is 52.8 Å². The molecule has 3 heterocycles. The van der Waals surface area contributed by atoms with Crippen molar-refractivity contribution in [2.24, 2.45) is 0 Å². The lowest BCUT2D eigenvalue weighted by molar-refractivity contribution is -0.132. The monoisotopic (exact) mass is 351 g/mol. The summed E-state index contributed by atoms with van der Waals surface area (Å²) in [6.45, 7) is 8.93. The van der Waals surface area contributed by atoms with Gasteiger partial charge in [-0.15, -0.1) is 11.3 Å². The molecule has 0 saturated carbocycles. The number of amides is 1. The Labute approximate surface area is 144 Å². The highest BCUT2D eigenvalue weighted by Gasteiger charge is 2.19. The highest BCUT2D eigenvalue weighted by molar-refractivity contribution is 8.00. The molecule has 1 amide bonds. The van der Waals surface area contributed by atoms with Crippen LogP contribution in [0.15, 0.2) is 5.03 Å². The molecule has 0 N–H and O–H groups in total. The number of nitrogens with zero attached hydrogens (tertiary/aromatic N) is 3. The van der Waals surface area contributed by atoms with E-state index in [-0.39, 0.29) is 5.91 Å². The topological polar surface area (TPSA) is 55.3 Å². The van der Waals surface area contributed by atoms with Gasteiger partial charge in [-0.25, -0.2) is 9.97 Å². The lowest BCUT2D eigenvalue weighted by Gasteiger charge is -2.26. The van der Waals surface area contributed by atoms with Gasteiger partial charge in [-0.05, 0) is 19.4 Å². The van der Waals surface area contributed by atoms with Crippen LogP contribution in [0.1, 0.15) is 23.2 Å². The molecular formula is C16H21N3O2S2. The van der Waals surface area contributed by atoms with Gasteiger partial charge in [0.15, 0.2) is 0 Å². The summed E-state index contributed by atoms with van der Waals surface area (Å²) in [5, 5.41) is 2.06. The molecule has 5 nitrogen and oxygen atoms in total. The van der Waals surface area contributed by atoms with E-state index in [0.29, 0.717) is 32.1 Å². The number of aryl methyl sites for hydroxylation is 3. The molecule has 2 aromatic heterocycles. The number of carbonyl (C=O) groups excluding carboxylic acids is 1. The molecule has 0 bridgehead atoms. The zero-order valence-corrected chi connectivity index (χ0v) is 15.4. The quantitative estimate of drug-likeness (QED) is 0.626. The summed E-state index contributed by atoms with van der Waals surface area (Å²) >= 11 is 3.24. The van der Waals surface area contributed by atoms with Crippen LogP contribution in [0.25, 0.3) is 10.2 Å². The molecule has 0 aromatic carbocycles. The van der Waals surface area contributed by atoms with E-state index in [0.717, 1.165) is 27.5 Å². The Balaban J connectivity index is 1.82. The third-order valence-electron chi connectivity index (χ3n) is 4.05. The molecule has 2 aromatic rings. The lowest BCUT2D eigenvalue weighted by Crippen LogP contribution is -2.41. The fourth-order valence-electron chi connectivity index (χ4n) is 2.55. The number of rotatable bonds is 4. The number of morpholine rings is 1. The minimum absolute atomic E-state index is 0.160. The van der Waals surface area contributed by atoms with Crippen molar-refractivity contribution in [3.05, 3.63) is 16.3 Å². The van der Waals surface area contributed by atoms with Crippen LogP contribution < -0.4 is 0 Å². The van der Waals surface area contributed by atoms with E-state index in [9.17, 15) is 4.79 Å². The smallest absolute Gasteiger partial charge is 0.233 e. The fourth-order valence-corrected chi connectivity index (χ4v) is 4.67. The number of hydrogen-bond donors (Lipinski definition) is 0. The number of carbonyl (C=O) groups is 1. The van der Waals surface area contributed by atoms with Crippen LogP contribution in [0.3, 0.4) is 0 Å². The van der Waals surface area contributed by atoms with Gasteiger partial charge < -0.3 is 9.64 Å². The molecule has 1 aliphatic heterocycles. The van der Waals surface area contributed by atoms with Gasteiger partial charge in [-0.3, -0.25) is 4.79 Å². The van der Waals surface area contributed by atoms with E-state index in [1.54, 1.807) is 11.3 Å². The first-order valence-electron chi connectivity index (χ1n) is 7.85. The molecule has 0 radical (unpaired) electrons. The Morgan fingerprint density at radius 3 is 2.74 bits per heavy atom. The van der Waals surface area contributed by atoms with Gasteiger partial charge in [0.1, 0.15) is 15.7 Å². The van der Waals surface area contributed by atoms with E-state index in [4.69, 9.17) is 4.74 Å². The van der Waals surface area contributed by atoms with Gasteiger partial charge in [-0.2, -0.15) is 0 Å². The van der Waals surface area contributed by atoms with Crippen molar-refractivity contribution in [2.75, 3.05) is 32.1 Å². The molecule has 124 valence electrons. The van der Waals surface area contributed by atoms with Crippen molar-refractivity contribution in [1.82, 2.24) is 14.9 Å². The van der Waals surface area contributed by atoms with Gasteiger partial charge in [-0.1, -0.05) is 18.7 Å². The Hall–Kier alpha value is -1.18. The molecule has 0 atom stereocenters. The Kier molecular flexibility index (Phi) is 5.18. The van der Waals surface area contributed by atoms with Crippen LogP contribution in [0.5, 0.6) is 0 Å². The number of thiophene rings is 1.